The Morgan fingerprint density at radius 2 is 1.85 bits per heavy atom. The molecule has 0 unspecified atom stereocenters. The number of aromatic nitrogens is 5. The summed E-state index contributed by atoms with van der Waals surface area (Å²) in [5.41, 5.74) is -2.00. The van der Waals surface area contributed by atoms with E-state index in [9.17, 15) is 31.9 Å². The summed E-state index contributed by atoms with van der Waals surface area (Å²) in [5.74, 6) is -1.95. The molecule has 9 nitrogen and oxygen atoms in total. The Bertz CT molecular complexity index is 1560. The summed E-state index contributed by atoms with van der Waals surface area (Å²) in [5, 5.41) is 8.34. The molecule has 0 aliphatic rings. The first-order valence-electron chi connectivity index (χ1n) is 9.62. The van der Waals surface area contributed by atoms with E-state index in [0.29, 0.717) is 12.1 Å². The van der Waals surface area contributed by atoms with Crippen LogP contribution in [0.4, 0.5) is 22.7 Å². The minimum Gasteiger partial charge on any atom is -0.302 e. The number of hydrogen-bond donors (Lipinski definition) is 1. The number of benzene rings is 1. The molecule has 3 aromatic heterocycles. The molecule has 4 aromatic rings. The van der Waals surface area contributed by atoms with Gasteiger partial charge in [0, 0.05) is 32.1 Å². The Kier molecular flexibility index (Phi) is 5.63. The van der Waals surface area contributed by atoms with Crippen molar-refractivity contribution < 1.29 is 22.4 Å². The topological polar surface area (TPSA) is 104 Å². The summed E-state index contributed by atoms with van der Waals surface area (Å²) in [6, 6.07) is 2.52. The van der Waals surface area contributed by atoms with Crippen LogP contribution in [0.2, 0.25) is 0 Å². The van der Waals surface area contributed by atoms with Crippen LogP contribution in [-0.2, 0) is 38.5 Å². The van der Waals surface area contributed by atoms with Crippen molar-refractivity contribution >= 4 is 33.4 Å². The lowest BCUT2D eigenvalue weighted by molar-refractivity contribution is -0.140. The second-order valence-corrected chi connectivity index (χ2v) is 8.29. The first kappa shape index (κ1) is 23.4. The Morgan fingerprint density at radius 1 is 1.15 bits per heavy atom. The summed E-state index contributed by atoms with van der Waals surface area (Å²) in [4.78, 5) is 41.5. The van der Waals surface area contributed by atoms with Crippen LogP contribution in [-0.4, -0.2) is 29.8 Å². The van der Waals surface area contributed by atoms with Crippen molar-refractivity contribution in [1.29, 1.82) is 0 Å². The zero-order valence-electron chi connectivity index (χ0n) is 17.9. The van der Waals surface area contributed by atoms with Crippen molar-refractivity contribution in [2.75, 3.05) is 5.32 Å². The maximum Gasteiger partial charge on any atom is 0.419 e. The van der Waals surface area contributed by atoms with E-state index in [-0.39, 0.29) is 39.5 Å². The van der Waals surface area contributed by atoms with Gasteiger partial charge in [0.15, 0.2) is 10.8 Å². The van der Waals surface area contributed by atoms with Crippen LogP contribution >= 0.6 is 11.3 Å². The molecule has 0 saturated heterocycles. The van der Waals surface area contributed by atoms with Crippen molar-refractivity contribution in [3.63, 3.8) is 0 Å². The molecule has 0 atom stereocenters. The number of anilines is 1. The zero-order valence-corrected chi connectivity index (χ0v) is 18.7. The molecule has 1 N–H and O–H groups in total. The van der Waals surface area contributed by atoms with Crippen molar-refractivity contribution in [3.05, 3.63) is 61.5 Å². The van der Waals surface area contributed by atoms with Gasteiger partial charge in [0.2, 0.25) is 5.91 Å². The number of nitrogens with zero attached hydrogens (tertiary/aromatic N) is 5. The van der Waals surface area contributed by atoms with E-state index in [0.717, 1.165) is 22.0 Å². The van der Waals surface area contributed by atoms with Crippen molar-refractivity contribution in [3.8, 4) is 11.3 Å². The zero-order chi connectivity index (χ0) is 24.9. The summed E-state index contributed by atoms with van der Waals surface area (Å²) in [6.45, 7) is 0. The molecule has 178 valence electrons. The standard InChI is InChI=1S/C20H16F4N6O3S/c1-28-16-15(17(32)29(2)19(28)33)13(30(3)27-16)7-14(31)26-18-25-12(8-34-18)9-4-5-11(21)10(6-9)20(22,23)24/h4-6,8H,7H2,1-3H3,(H,25,26,31). The fourth-order valence-corrected chi connectivity index (χ4v) is 4.19. The number of nitrogens with one attached hydrogen (secondary N) is 1. The molecule has 0 bridgehead atoms. The molecule has 34 heavy (non-hydrogen) atoms. The van der Waals surface area contributed by atoms with Crippen molar-refractivity contribution in [2.45, 2.75) is 12.6 Å². The lowest BCUT2D eigenvalue weighted by atomic mass is 10.1. The Labute approximate surface area is 191 Å². The molecular weight excluding hydrogens is 480 g/mol. The Morgan fingerprint density at radius 3 is 2.53 bits per heavy atom. The molecule has 1 amide bonds. The molecule has 0 spiro atoms. The second-order valence-electron chi connectivity index (χ2n) is 7.43. The van der Waals surface area contributed by atoms with Gasteiger partial charge >= 0.3 is 11.9 Å². The number of aryl methyl sites for hydroxylation is 2. The normalized spacial score (nSPS) is 11.9. The third-order valence-corrected chi connectivity index (χ3v) is 5.96. The number of carbonyl (C=O) groups is 1. The fraction of sp³-hybridized carbons (Fsp3) is 0.250. The number of amides is 1. The van der Waals surface area contributed by atoms with Gasteiger partial charge in [-0.15, -0.1) is 11.3 Å². The molecule has 0 radical (unpaired) electrons. The average molecular weight is 496 g/mol. The molecule has 3 heterocycles. The fourth-order valence-electron chi connectivity index (χ4n) is 3.45. The van der Waals surface area contributed by atoms with Gasteiger partial charge in [-0.25, -0.2) is 14.2 Å². The van der Waals surface area contributed by atoms with Gasteiger partial charge in [-0.05, 0) is 18.2 Å². The predicted molar refractivity (Wildman–Crippen MR) is 116 cm³/mol. The summed E-state index contributed by atoms with van der Waals surface area (Å²) in [6.07, 6.45) is -5.14. The van der Waals surface area contributed by atoms with E-state index in [1.54, 1.807) is 0 Å². The van der Waals surface area contributed by atoms with Gasteiger partial charge < -0.3 is 5.32 Å². The van der Waals surface area contributed by atoms with Crippen LogP contribution in [0.5, 0.6) is 0 Å². The Balaban J connectivity index is 1.60. The number of thiazole rings is 1. The predicted octanol–water partition coefficient (Wildman–Crippen LogP) is 2.43. The minimum atomic E-state index is -4.86. The van der Waals surface area contributed by atoms with Gasteiger partial charge in [-0.1, -0.05) is 0 Å². The molecule has 0 fully saturated rings. The van der Waals surface area contributed by atoms with Crippen LogP contribution in [0.15, 0.2) is 33.2 Å². The molecule has 4 rings (SSSR count). The molecule has 0 aliphatic heterocycles. The quantitative estimate of drug-likeness (QED) is 0.437. The van der Waals surface area contributed by atoms with Crippen LogP contribution in [0.1, 0.15) is 11.3 Å². The minimum absolute atomic E-state index is 0.0347. The first-order valence-corrected chi connectivity index (χ1v) is 10.5. The smallest absolute Gasteiger partial charge is 0.302 e. The molecule has 0 aliphatic carbocycles. The number of alkyl halides is 3. The maximum atomic E-state index is 13.5. The molecular formula is C20H16F4N6O3S. The number of fused-ring (bicyclic) bond motifs is 1. The highest BCUT2D eigenvalue weighted by Crippen LogP contribution is 2.35. The van der Waals surface area contributed by atoms with Gasteiger partial charge in [0.05, 0.1) is 23.4 Å². The summed E-state index contributed by atoms with van der Waals surface area (Å²) < 4.78 is 55.9. The molecule has 1 aromatic carbocycles. The van der Waals surface area contributed by atoms with E-state index < -0.39 is 34.7 Å². The van der Waals surface area contributed by atoms with E-state index in [2.05, 4.69) is 15.4 Å². The third kappa shape index (κ3) is 4.00. The van der Waals surface area contributed by atoms with E-state index in [1.165, 1.54) is 35.8 Å². The van der Waals surface area contributed by atoms with E-state index in [4.69, 9.17) is 0 Å². The monoisotopic (exact) mass is 496 g/mol. The van der Waals surface area contributed by atoms with Gasteiger partial charge in [0.25, 0.3) is 5.56 Å². The average Bonchev–Trinajstić information content (AvgIpc) is 3.35. The highest BCUT2D eigenvalue weighted by atomic mass is 32.1. The SMILES string of the molecule is Cn1nc2c(c1CC(=O)Nc1nc(-c3ccc(F)c(C(F)(F)F)c3)cs1)c(=O)n(C)c(=O)n2C. The maximum absolute atomic E-state index is 13.5. The number of carbonyl (C=O) groups excluding carboxylic acids is 1. The molecule has 14 heteroatoms. The van der Waals surface area contributed by atoms with Gasteiger partial charge in [-0.2, -0.15) is 18.3 Å². The van der Waals surface area contributed by atoms with Crippen LogP contribution < -0.4 is 16.6 Å². The second kappa shape index (κ2) is 8.20. The highest BCUT2D eigenvalue weighted by molar-refractivity contribution is 7.14. The number of hydrogen-bond acceptors (Lipinski definition) is 6. The van der Waals surface area contributed by atoms with Crippen molar-refractivity contribution in [2.24, 2.45) is 21.1 Å². The van der Waals surface area contributed by atoms with Crippen LogP contribution in [0.25, 0.3) is 22.3 Å². The van der Waals surface area contributed by atoms with E-state index in [1.807, 2.05) is 0 Å². The Hall–Kier alpha value is -3.81. The van der Waals surface area contributed by atoms with Crippen LogP contribution in [0, 0.1) is 5.82 Å². The number of rotatable bonds is 4. The summed E-state index contributed by atoms with van der Waals surface area (Å²) in [7, 11) is 4.30. The first-order chi connectivity index (χ1) is 15.9. The molecule has 0 saturated carbocycles. The lowest BCUT2D eigenvalue weighted by Gasteiger charge is -2.09. The largest absolute Gasteiger partial charge is 0.419 e. The van der Waals surface area contributed by atoms with Gasteiger partial charge in [0.1, 0.15) is 11.2 Å². The van der Waals surface area contributed by atoms with Gasteiger partial charge in [-0.3, -0.25) is 23.4 Å². The van der Waals surface area contributed by atoms with Crippen LogP contribution in [0.3, 0.4) is 0 Å². The lowest BCUT2D eigenvalue weighted by Crippen LogP contribution is -2.37. The summed E-state index contributed by atoms with van der Waals surface area (Å²) >= 11 is 0.969. The highest BCUT2D eigenvalue weighted by Gasteiger charge is 2.34. The van der Waals surface area contributed by atoms with E-state index >= 15 is 0 Å². The number of halogens is 4. The third-order valence-electron chi connectivity index (χ3n) is 5.20. The van der Waals surface area contributed by atoms with Crippen molar-refractivity contribution in [1.82, 2.24) is 23.9 Å².